The largest absolute Gasteiger partial charge is 0.459 e. The van der Waals surface area contributed by atoms with Gasteiger partial charge in [0.1, 0.15) is 0 Å². The lowest BCUT2D eigenvalue weighted by molar-refractivity contribution is -0.133. The van der Waals surface area contributed by atoms with Crippen molar-refractivity contribution < 1.29 is 14.3 Å². The van der Waals surface area contributed by atoms with Crippen molar-refractivity contribution in [3.05, 3.63) is 25.3 Å². The van der Waals surface area contributed by atoms with Crippen LogP contribution in [-0.4, -0.2) is 25.8 Å². The Balaban J connectivity index is 3.53. The number of carbonyl (C=O) groups excluding carboxylic acids is 1. The molecule has 0 aliphatic heterocycles. The average Bonchev–Trinajstić information content (AvgIpc) is 2.28. The number of unbranched alkanes of at least 4 members (excludes halogenated alkanes) is 1. The van der Waals surface area contributed by atoms with Gasteiger partial charge in [0.15, 0.2) is 0 Å². The van der Waals surface area contributed by atoms with E-state index in [2.05, 4.69) is 29.7 Å². The number of methoxy groups -OCH3 is 1. The van der Waals surface area contributed by atoms with Gasteiger partial charge in [0, 0.05) is 18.9 Å². The van der Waals surface area contributed by atoms with Crippen LogP contribution in [-0.2, 0) is 14.3 Å². The van der Waals surface area contributed by atoms with Gasteiger partial charge in [-0.2, -0.15) is 0 Å². The minimum atomic E-state index is -0.508. The SMILES string of the molecule is C=CC(C=C)OCCCC#CC(=O)OC. The molecule has 0 bridgehead atoms. The third-order valence-corrected chi connectivity index (χ3v) is 1.60. The molecule has 0 heterocycles. The lowest BCUT2D eigenvalue weighted by Crippen LogP contribution is -2.06. The fourth-order valence-electron chi connectivity index (χ4n) is 0.798. The Hall–Kier alpha value is -1.53. The molecule has 0 amide bonds. The van der Waals surface area contributed by atoms with Crippen LogP contribution in [0.1, 0.15) is 12.8 Å². The van der Waals surface area contributed by atoms with Gasteiger partial charge >= 0.3 is 5.97 Å². The summed E-state index contributed by atoms with van der Waals surface area (Å²) in [5.74, 6) is 4.52. The second-order valence-corrected chi connectivity index (χ2v) is 2.70. The number of hydrogen-bond acceptors (Lipinski definition) is 3. The summed E-state index contributed by atoms with van der Waals surface area (Å²) in [5, 5.41) is 0. The molecule has 15 heavy (non-hydrogen) atoms. The maximum Gasteiger partial charge on any atom is 0.384 e. The summed E-state index contributed by atoms with van der Waals surface area (Å²) < 4.78 is 9.71. The molecule has 82 valence electrons. The van der Waals surface area contributed by atoms with Crippen molar-refractivity contribution in [3.63, 3.8) is 0 Å². The van der Waals surface area contributed by atoms with Gasteiger partial charge < -0.3 is 9.47 Å². The van der Waals surface area contributed by atoms with Crippen LogP contribution in [0.25, 0.3) is 0 Å². The monoisotopic (exact) mass is 208 g/mol. The van der Waals surface area contributed by atoms with Crippen molar-refractivity contribution >= 4 is 5.97 Å². The highest BCUT2D eigenvalue weighted by atomic mass is 16.5. The van der Waals surface area contributed by atoms with E-state index >= 15 is 0 Å². The van der Waals surface area contributed by atoms with Crippen molar-refractivity contribution in [2.75, 3.05) is 13.7 Å². The molecule has 0 aliphatic carbocycles. The van der Waals surface area contributed by atoms with Gasteiger partial charge in [-0.15, -0.1) is 13.2 Å². The van der Waals surface area contributed by atoms with Crippen LogP contribution in [0.3, 0.4) is 0 Å². The zero-order chi connectivity index (χ0) is 11.5. The van der Waals surface area contributed by atoms with Crippen LogP contribution >= 0.6 is 0 Å². The lowest BCUT2D eigenvalue weighted by atomic mass is 10.3. The Kier molecular flexibility index (Phi) is 8.12. The molecule has 0 radical (unpaired) electrons. The molecule has 0 N–H and O–H groups in total. The molecule has 0 aromatic carbocycles. The van der Waals surface area contributed by atoms with E-state index in [0.29, 0.717) is 13.0 Å². The topological polar surface area (TPSA) is 35.5 Å². The van der Waals surface area contributed by atoms with Crippen LogP contribution in [0, 0.1) is 11.8 Å². The van der Waals surface area contributed by atoms with E-state index in [1.54, 1.807) is 12.2 Å². The van der Waals surface area contributed by atoms with Crippen LogP contribution in [0.2, 0.25) is 0 Å². The smallest absolute Gasteiger partial charge is 0.384 e. The van der Waals surface area contributed by atoms with E-state index in [-0.39, 0.29) is 6.10 Å². The average molecular weight is 208 g/mol. The summed E-state index contributed by atoms with van der Waals surface area (Å²) in [6.07, 6.45) is 4.61. The molecular weight excluding hydrogens is 192 g/mol. The third kappa shape index (κ3) is 7.53. The first-order chi connectivity index (χ1) is 7.24. The molecule has 0 fully saturated rings. The van der Waals surface area contributed by atoms with Gasteiger partial charge in [0.25, 0.3) is 0 Å². The van der Waals surface area contributed by atoms with Crippen molar-refractivity contribution in [2.24, 2.45) is 0 Å². The molecule has 3 nitrogen and oxygen atoms in total. The zero-order valence-corrected chi connectivity index (χ0v) is 8.99. The number of rotatable bonds is 6. The van der Waals surface area contributed by atoms with Gasteiger partial charge in [0.2, 0.25) is 0 Å². The summed E-state index contributed by atoms with van der Waals surface area (Å²) >= 11 is 0. The van der Waals surface area contributed by atoms with Gasteiger partial charge in [-0.3, -0.25) is 0 Å². The predicted octanol–water partition coefficient (Wildman–Crippen LogP) is 1.70. The molecule has 0 saturated heterocycles. The Bertz CT molecular complexity index is 262. The lowest BCUT2D eigenvalue weighted by Gasteiger charge is -2.07. The molecule has 0 atom stereocenters. The third-order valence-electron chi connectivity index (χ3n) is 1.60. The van der Waals surface area contributed by atoms with Gasteiger partial charge in [-0.1, -0.05) is 18.1 Å². The van der Waals surface area contributed by atoms with Crippen LogP contribution in [0.4, 0.5) is 0 Å². The van der Waals surface area contributed by atoms with E-state index in [9.17, 15) is 4.79 Å². The molecule has 0 aromatic heterocycles. The van der Waals surface area contributed by atoms with Crippen LogP contribution < -0.4 is 0 Å². The quantitative estimate of drug-likeness (QED) is 0.219. The van der Waals surface area contributed by atoms with Crippen molar-refractivity contribution in [3.8, 4) is 11.8 Å². The Labute approximate surface area is 90.8 Å². The number of esters is 1. The molecule has 0 saturated carbocycles. The molecule has 0 aromatic rings. The number of hydrogen-bond donors (Lipinski definition) is 0. The van der Waals surface area contributed by atoms with E-state index in [0.717, 1.165) is 6.42 Å². The van der Waals surface area contributed by atoms with Crippen LogP contribution in [0.5, 0.6) is 0 Å². The second-order valence-electron chi connectivity index (χ2n) is 2.70. The summed E-state index contributed by atoms with van der Waals surface area (Å²) in [6.45, 7) is 7.76. The first kappa shape index (κ1) is 13.5. The van der Waals surface area contributed by atoms with E-state index in [4.69, 9.17) is 4.74 Å². The standard InChI is InChI=1S/C12H16O3/c1-4-11(5-2)15-10-8-6-7-9-12(13)14-3/h4-5,11H,1-2,6,8,10H2,3H3. The van der Waals surface area contributed by atoms with Crippen molar-refractivity contribution in [1.29, 1.82) is 0 Å². The van der Waals surface area contributed by atoms with Gasteiger partial charge in [-0.05, 0) is 6.42 Å². The molecular formula is C12H16O3. The molecule has 0 unspecified atom stereocenters. The predicted molar refractivity (Wildman–Crippen MR) is 59.2 cm³/mol. The van der Waals surface area contributed by atoms with E-state index in [1.165, 1.54) is 7.11 Å². The molecule has 0 rings (SSSR count). The first-order valence-electron chi connectivity index (χ1n) is 4.68. The maximum absolute atomic E-state index is 10.6. The molecule has 0 aliphatic rings. The summed E-state index contributed by atoms with van der Waals surface area (Å²) in [5.41, 5.74) is 0. The highest BCUT2D eigenvalue weighted by Gasteiger charge is 1.96. The zero-order valence-electron chi connectivity index (χ0n) is 8.99. The maximum atomic E-state index is 10.6. The normalized spacial score (nSPS) is 8.93. The fourth-order valence-corrected chi connectivity index (χ4v) is 0.798. The Morgan fingerprint density at radius 2 is 2.13 bits per heavy atom. The molecule has 0 spiro atoms. The Morgan fingerprint density at radius 3 is 2.67 bits per heavy atom. The summed E-state index contributed by atoms with van der Waals surface area (Å²) in [6, 6.07) is 0. The number of ether oxygens (including phenoxy) is 2. The summed E-state index contributed by atoms with van der Waals surface area (Å²) in [7, 11) is 1.30. The van der Waals surface area contributed by atoms with E-state index in [1.807, 2.05) is 0 Å². The van der Waals surface area contributed by atoms with E-state index < -0.39 is 5.97 Å². The van der Waals surface area contributed by atoms with Crippen molar-refractivity contribution in [1.82, 2.24) is 0 Å². The van der Waals surface area contributed by atoms with Crippen LogP contribution in [0.15, 0.2) is 25.3 Å². The highest BCUT2D eigenvalue weighted by molar-refractivity contribution is 5.88. The fraction of sp³-hybridized carbons (Fsp3) is 0.417. The first-order valence-corrected chi connectivity index (χ1v) is 4.68. The highest BCUT2D eigenvalue weighted by Crippen LogP contribution is 1.97. The van der Waals surface area contributed by atoms with Gasteiger partial charge in [0.05, 0.1) is 13.2 Å². The minimum absolute atomic E-state index is 0.112. The Morgan fingerprint density at radius 1 is 1.47 bits per heavy atom. The molecule has 3 heteroatoms. The summed E-state index contributed by atoms with van der Waals surface area (Å²) in [4.78, 5) is 10.6. The van der Waals surface area contributed by atoms with Crippen molar-refractivity contribution in [2.45, 2.75) is 18.9 Å². The second kappa shape index (κ2) is 9.04. The minimum Gasteiger partial charge on any atom is -0.459 e. The van der Waals surface area contributed by atoms with Gasteiger partial charge in [-0.25, -0.2) is 4.79 Å². The number of carbonyl (C=O) groups is 1.